The van der Waals surface area contributed by atoms with Gasteiger partial charge in [-0.15, -0.1) is 0 Å². The van der Waals surface area contributed by atoms with Gasteiger partial charge in [-0.05, 0) is 18.9 Å². The summed E-state index contributed by atoms with van der Waals surface area (Å²) in [6.07, 6.45) is 0.614. The van der Waals surface area contributed by atoms with E-state index in [0.29, 0.717) is 12.8 Å². The van der Waals surface area contributed by atoms with E-state index < -0.39 is 22.3 Å². The van der Waals surface area contributed by atoms with E-state index in [2.05, 4.69) is 14.1 Å². The van der Waals surface area contributed by atoms with Gasteiger partial charge in [-0.25, -0.2) is 0 Å². The fourth-order valence-electron chi connectivity index (χ4n) is 2.47. The summed E-state index contributed by atoms with van der Waals surface area (Å²) >= 11 is 0.822. The Balaban J connectivity index is 2.40. The number of fused-ring (bicyclic) bond motifs is 1. The molecule has 1 amide bonds. The molecule has 1 aromatic carbocycles. The van der Waals surface area contributed by atoms with Gasteiger partial charge in [0.05, 0.1) is 28.6 Å². The summed E-state index contributed by atoms with van der Waals surface area (Å²) in [6, 6.07) is 2.55. The molecule has 0 atom stereocenters. The minimum absolute atomic E-state index is 0.0542. The number of rotatable bonds is 7. The van der Waals surface area contributed by atoms with Crippen LogP contribution in [0.1, 0.15) is 43.5 Å². The molecule has 1 aromatic heterocycles. The topological polar surface area (TPSA) is 135 Å². The van der Waals surface area contributed by atoms with Crippen molar-refractivity contribution in [1.29, 1.82) is 0 Å². The summed E-state index contributed by atoms with van der Waals surface area (Å²) in [6.45, 7) is 3.56. The number of aromatic nitrogens is 2. The lowest BCUT2D eigenvalue weighted by atomic mass is 9.88. The monoisotopic (exact) mass is 352 g/mol. The number of hydrogen-bond donors (Lipinski definition) is 2. The fourth-order valence-corrected chi connectivity index (χ4v) is 3.00. The van der Waals surface area contributed by atoms with Crippen molar-refractivity contribution in [2.75, 3.05) is 0 Å². The van der Waals surface area contributed by atoms with Crippen LogP contribution in [-0.4, -0.2) is 36.2 Å². The molecule has 2 N–H and O–H groups in total. The van der Waals surface area contributed by atoms with Crippen molar-refractivity contribution in [1.82, 2.24) is 14.1 Å². The van der Waals surface area contributed by atoms with E-state index in [1.54, 1.807) is 13.8 Å². The molecular weight excluding hydrogens is 336 g/mol. The number of amides is 1. The van der Waals surface area contributed by atoms with E-state index >= 15 is 0 Å². The number of nitro benzene ring substituents is 1. The third kappa shape index (κ3) is 3.48. The summed E-state index contributed by atoms with van der Waals surface area (Å²) in [7, 11) is 0. The number of nitrogens with zero attached hydrogens (tertiary/aromatic N) is 3. The first-order valence-corrected chi connectivity index (χ1v) is 8.00. The second kappa shape index (κ2) is 6.87. The molecule has 0 aliphatic heterocycles. The van der Waals surface area contributed by atoms with Crippen LogP contribution in [-0.2, 0) is 4.79 Å². The van der Waals surface area contributed by atoms with E-state index in [4.69, 9.17) is 5.11 Å². The molecule has 1 heterocycles. The summed E-state index contributed by atoms with van der Waals surface area (Å²) in [4.78, 5) is 34.1. The highest BCUT2D eigenvalue weighted by atomic mass is 32.1. The van der Waals surface area contributed by atoms with Gasteiger partial charge >= 0.3 is 5.97 Å². The van der Waals surface area contributed by atoms with Gasteiger partial charge in [-0.2, -0.15) is 8.75 Å². The Morgan fingerprint density at radius 3 is 2.54 bits per heavy atom. The van der Waals surface area contributed by atoms with Crippen LogP contribution in [0, 0.1) is 10.1 Å². The number of hydrogen-bond acceptors (Lipinski definition) is 7. The highest BCUT2D eigenvalue weighted by Gasteiger charge is 2.32. The van der Waals surface area contributed by atoms with Gasteiger partial charge in [0.15, 0.2) is 5.52 Å². The number of carboxylic acid groups (broad SMARTS) is 1. The molecule has 0 aliphatic carbocycles. The number of nitro groups is 1. The molecular formula is C14H16N4O5S. The largest absolute Gasteiger partial charge is 0.481 e. The van der Waals surface area contributed by atoms with Crippen molar-refractivity contribution >= 4 is 40.3 Å². The van der Waals surface area contributed by atoms with Crippen molar-refractivity contribution in [2.24, 2.45) is 0 Å². The molecule has 0 saturated heterocycles. The SMILES string of the molecule is CCC(CC)(CC(=O)O)NC(=O)c1cc([N+](=O)[O-])c2nsnc2c1. The van der Waals surface area contributed by atoms with E-state index in [9.17, 15) is 19.7 Å². The number of carboxylic acids is 1. The van der Waals surface area contributed by atoms with E-state index in [0.717, 1.165) is 17.8 Å². The van der Waals surface area contributed by atoms with Crippen molar-refractivity contribution in [3.05, 3.63) is 27.8 Å². The zero-order valence-electron chi connectivity index (χ0n) is 13.1. The Kier molecular flexibility index (Phi) is 5.07. The maximum absolute atomic E-state index is 12.5. The average Bonchev–Trinajstić information content (AvgIpc) is 3.00. The number of nitrogens with one attached hydrogen (secondary N) is 1. The van der Waals surface area contributed by atoms with Crippen LogP contribution < -0.4 is 5.32 Å². The summed E-state index contributed by atoms with van der Waals surface area (Å²) < 4.78 is 7.81. The molecule has 0 aliphatic rings. The van der Waals surface area contributed by atoms with Gasteiger partial charge in [0, 0.05) is 11.6 Å². The first-order chi connectivity index (χ1) is 11.3. The van der Waals surface area contributed by atoms with E-state index in [1.807, 2.05) is 0 Å². The summed E-state index contributed by atoms with van der Waals surface area (Å²) in [5.74, 6) is -1.60. The minimum atomic E-state index is -1.02. The van der Waals surface area contributed by atoms with Crippen LogP contribution in [0.15, 0.2) is 12.1 Å². The molecule has 128 valence electrons. The lowest BCUT2D eigenvalue weighted by Crippen LogP contribution is -2.49. The van der Waals surface area contributed by atoms with E-state index in [1.165, 1.54) is 6.07 Å². The second-order valence-corrected chi connectivity index (χ2v) is 5.92. The molecule has 0 bridgehead atoms. The number of carbonyl (C=O) groups is 2. The third-order valence-electron chi connectivity index (χ3n) is 4.02. The highest BCUT2D eigenvalue weighted by Crippen LogP contribution is 2.27. The van der Waals surface area contributed by atoms with Crippen LogP contribution >= 0.6 is 11.7 Å². The lowest BCUT2D eigenvalue weighted by Gasteiger charge is -2.31. The quantitative estimate of drug-likeness (QED) is 0.576. The molecule has 0 saturated carbocycles. The summed E-state index contributed by atoms with van der Waals surface area (Å²) in [5.41, 5.74) is -0.769. The van der Waals surface area contributed by atoms with Crippen LogP contribution in [0.3, 0.4) is 0 Å². The average molecular weight is 352 g/mol. The molecule has 0 radical (unpaired) electrons. The van der Waals surface area contributed by atoms with Crippen LogP contribution in [0.2, 0.25) is 0 Å². The zero-order valence-corrected chi connectivity index (χ0v) is 13.9. The molecule has 2 aromatic rings. The Bertz CT molecular complexity index is 800. The first kappa shape index (κ1) is 17.7. The predicted octanol–water partition coefficient (Wildman–Crippen LogP) is 2.36. The van der Waals surface area contributed by atoms with Gasteiger partial charge in [-0.3, -0.25) is 19.7 Å². The maximum atomic E-state index is 12.5. The highest BCUT2D eigenvalue weighted by molar-refractivity contribution is 7.00. The molecule has 0 fully saturated rings. The molecule has 2 rings (SSSR count). The second-order valence-electron chi connectivity index (χ2n) is 5.40. The van der Waals surface area contributed by atoms with Gasteiger partial charge < -0.3 is 10.4 Å². The lowest BCUT2D eigenvalue weighted by molar-refractivity contribution is -0.383. The number of carbonyl (C=O) groups excluding carboxylic acids is 1. The number of aliphatic carboxylic acids is 1. The fraction of sp³-hybridized carbons (Fsp3) is 0.429. The molecule has 0 unspecified atom stereocenters. The smallest absolute Gasteiger partial charge is 0.305 e. The Morgan fingerprint density at radius 1 is 1.33 bits per heavy atom. The minimum Gasteiger partial charge on any atom is -0.481 e. The Labute approximate surface area is 141 Å². The van der Waals surface area contributed by atoms with Crippen LogP contribution in [0.25, 0.3) is 11.0 Å². The molecule has 10 heteroatoms. The van der Waals surface area contributed by atoms with E-state index in [-0.39, 0.29) is 28.7 Å². The van der Waals surface area contributed by atoms with Gasteiger partial charge in [-0.1, -0.05) is 13.8 Å². The predicted molar refractivity (Wildman–Crippen MR) is 87.1 cm³/mol. The third-order valence-corrected chi connectivity index (χ3v) is 4.56. The van der Waals surface area contributed by atoms with Crippen molar-refractivity contribution in [3.8, 4) is 0 Å². The number of benzene rings is 1. The molecule has 0 spiro atoms. The van der Waals surface area contributed by atoms with Gasteiger partial charge in [0.2, 0.25) is 0 Å². The zero-order chi connectivity index (χ0) is 17.9. The summed E-state index contributed by atoms with van der Waals surface area (Å²) in [5, 5.41) is 22.9. The Morgan fingerprint density at radius 2 is 2.00 bits per heavy atom. The van der Waals surface area contributed by atoms with Gasteiger partial charge in [0.25, 0.3) is 11.6 Å². The van der Waals surface area contributed by atoms with Crippen molar-refractivity contribution < 1.29 is 19.6 Å². The van der Waals surface area contributed by atoms with Crippen molar-refractivity contribution in [2.45, 2.75) is 38.6 Å². The number of non-ortho nitro benzene ring substituents is 1. The Hall–Kier alpha value is -2.62. The first-order valence-electron chi connectivity index (χ1n) is 7.27. The molecule has 24 heavy (non-hydrogen) atoms. The standard InChI is InChI=1S/C14H16N4O5S/c1-3-14(4-2,7-11(19)20)15-13(21)8-5-9-12(17-24-16-9)10(6-8)18(22)23/h5-6H,3-4,7H2,1-2H3,(H,15,21)(H,19,20). The van der Waals surface area contributed by atoms with Gasteiger partial charge in [0.1, 0.15) is 5.52 Å². The maximum Gasteiger partial charge on any atom is 0.305 e. The van der Waals surface area contributed by atoms with Crippen LogP contribution in [0.5, 0.6) is 0 Å². The van der Waals surface area contributed by atoms with Crippen LogP contribution in [0.4, 0.5) is 5.69 Å². The molecule has 9 nitrogen and oxygen atoms in total. The van der Waals surface area contributed by atoms with Crippen molar-refractivity contribution in [3.63, 3.8) is 0 Å². The normalized spacial score (nSPS) is 11.4.